The SMILES string of the molecule is Cc1nc2nccc(NC(C)C(=O)O)c2s1. The molecule has 0 saturated carbocycles. The van der Waals surface area contributed by atoms with E-state index in [1.807, 2.05) is 6.92 Å². The Labute approximate surface area is 96.2 Å². The number of nitrogens with zero attached hydrogens (tertiary/aromatic N) is 2. The fraction of sp³-hybridized carbons (Fsp3) is 0.300. The van der Waals surface area contributed by atoms with Crippen molar-refractivity contribution in [3.8, 4) is 0 Å². The number of pyridine rings is 1. The highest BCUT2D eigenvalue weighted by molar-refractivity contribution is 7.19. The van der Waals surface area contributed by atoms with Crippen LogP contribution in [-0.2, 0) is 4.79 Å². The molecule has 0 bridgehead atoms. The second-order valence-corrected chi connectivity index (χ2v) is 4.65. The van der Waals surface area contributed by atoms with Gasteiger partial charge in [0.1, 0.15) is 6.04 Å². The molecule has 0 amide bonds. The molecule has 1 atom stereocenters. The van der Waals surface area contributed by atoms with Crippen molar-refractivity contribution in [2.24, 2.45) is 0 Å². The Morgan fingerprint density at radius 1 is 1.62 bits per heavy atom. The lowest BCUT2D eigenvalue weighted by Crippen LogP contribution is -2.25. The molecule has 2 rings (SSSR count). The predicted octanol–water partition coefficient (Wildman–Crippen LogP) is 1.88. The molecule has 16 heavy (non-hydrogen) atoms. The molecule has 0 aromatic carbocycles. The largest absolute Gasteiger partial charge is 0.480 e. The molecule has 0 aliphatic carbocycles. The Bertz CT molecular complexity index is 538. The number of fused-ring (bicyclic) bond motifs is 1. The third-order valence-corrected chi connectivity index (χ3v) is 3.13. The molecule has 2 N–H and O–H groups in total. The van der Waals surface area contributed by atoms with E-state index in [2.05, 4.69) is 15.3 Å². The van der Waals surface area contributed by atoms with Gasteiger partial charge in [0.15, 0.2) is 5.65 Å². The van der Waals surface area contributed by atoms with E-state index in [4.69, 9.17) is 5.11 Å². The lowest BCUT2D eigenvalue weighted by Gasteiger charge is -2.10. The van der Waals surface area contributed by atoms with Crippen LogP contribution in [0, 0.1) is 6.92 Å². The summed E-state index contributed by atoms with van der Waals surface area (Å²) in [5.41, 5.74) is 1.43. The molecular formula is C10H11N3O2S. The number of aryl methyl sites for hydroxylation is 1. The first-order chi connectivity index (χ1) is 7.58. The normalized spacial score (nSPS) is 12.6. The maximum Gasteiger partial charge on any atom is 0.325 e. The van der Waals surface area contributed by atoms with Crippen molar-refractivity contribution in [1.82, 2.24) is 9.97 Å². The van der Waals surface area contributed by atoms with E-state index in [9.17, 15) is 4.79 Å². The van der Waals surface area contributed by atoms with E-state index in [1.54, 1.807) is 19.2 Å². The summed E-state index contributed by atoms with van der Waals surface area (Å²) < 4.78 is 0.896. The van der Waals surface area contributed by atoms with Crippen LogP contribution >= 0.6 is 11.3 Å². The van der Waals surface area contributed by atoms with Gasteiger partial charge in [-0.2, -0.15) is 0 Å². The molecule has 5 nitrogen and oxygen atoms in total. The molecule has 2 aromatic heterocycles. The van der Waals surface area contributed by atoms with Crippen molar-refractivity contribution in [3.63, 3.8) is 0 Å². The second-order valence-electron chi connectivity index (χ2n) is 3.45. The minimum Gasteiger partial charge on any atom is -0.480 e. The number of thiazole rings is 1. The Balaban J connectivity index is 2.40. The average molecular weight is 237 g/mol. The van der Waals surface area contributed by atoms with Gasteiger partial charge in [0.2, 0.25) is 0 Å². The van der Waals surface area contributed by atoms with Gasteiger partial charge in [-0.05, 0) is 19.9 Å². The summed E-state index contributed by atoms with van der Waals surface area (Å²) in [6.07, 6.45) is 1.62. The minimum atomic E-state index is -0.883. The number of nitrogens with one attached hydrogen (secondary N) is 1. The molecule has 2 heterocycles. The Morgan fingerprint density at radius 3 is 3.06 bits per heavy atom. The third kappa shape index (κ3) is 1.96. The molecule has 0 radical (unpaired) electrons. The van der Waals surface area contributed by atoms with Crippen LogP contribution in [0.25, 0.3) is 10.3 Å². The van der Waals surface area contributed by atoms with Gasteiger partial charge in [-0.25, -0.2) is 9.97 Å². The molecule has 6 heteroatoms. The number of aliphatic carboxylic acids is 1. The average Bonchev–Trinajstić information content (AvgIpc) is 2.59. The van der Waals surface area contributed by atoms with Crippen LogP contribution < -0.4 is 5.32 Å². The van der Waals surface area contributed by atoms with Crippen LogP contribution in [0.4, 0.5) is 5.69 Å². The quantitative estimate of drug-likeness (QED) is 0.852. The lowest BCUT2D eigenvalue weighted by atomic mass is 10.3. The van der Waals surface area contributed by atoms with Gasteiger partial charge in [-0.1, -0.05) is 0 Å². The molecule has 0 aliphatic heterocycles. The molecule has 0 spiro atoms. The zero-order chi connectivity index (χ0) is 11.7. The third-order valence-electron chi connectivity index (χ3n) is 2.14. The van der Waals surface area contributed by atoms with E-state index in [0.29, 0.717) is 5.65 Å². The first kappa shape index (κ1) is 10.8. The van der Waals surface area contributed by atoms with Gasteiger partial charge in [0, 0.05) is 6.20 Å². The number of hydrogen-bond donors (Lipinski definition) is 2. The number of carbonyl (C=O) groups is 1. The zero-order valence-electron chi connectivity index (χ0n) is 8.89. The molecule has 0 saturated heterocycles. The number of hydrogen-bond acceptors (Lipinski definition) is 5. The highest BCUT2D eigenvalue weighted by Gasteiger charge is 2.13. The van der Waals surface area contributed by atoms with Gasteiger partial charge < -0.3 is 10.4 Å². The monoisotopic (exact) mass is 237 g/mol. The highest BCUT2D eigenvalue weighted by Crippen LogP contribution is 2.27. The summed E-state index contributed by atoms with van der Waals surface area (Å²) in [6.45, 7) is 3.50. The Hall–Kier alpha value is -1.69. The van der Waals surface area contributed by atoms with E-state index >= 15 is 0 Å². The van der Waals surface area contributed by atoms with E-state index in [-0.39, 0.29) is 0 Å². The molecule has 0 fully saturated rings. The van der Waals surface area contributed by atoms with Crippen molar-refractivity contribution < 1.29 is 9.90 Å². The zero-order valence-corrected chi connectivity index (χ0v) is 9.71. The first-order valence-electron chi connectivity index (χ1n) is 4.79. The molecule has 1 unspecified atom stereocenters. The molecular weight excluding hydrogens is 226 g/mol. The van der Waals surface area contributed by atoms with Crippen molar-refractivity contribution in [1.29, 1.82) is 0 Å². The lowest BCUT2D eigenvalue weighted by molar-refractivity contribution is -0.137. The fourth-order valence-corrected chi connectivity index (χ4v) is 2.20. The topological polar surface area (TPSA) is 75.1 Å². The summed E-state index contributed by atoms with van der Waals surface area (Å²) in [5.74, 6) is -0.883. The number of rotatable bonds is 3. The van der Waals surface area contributed by atoms with Crippen LogP contribution in [0.1, 0.15) is 11.9 Å². The van der Waals surface area contributed by atoms with Gasteiger partial charge in [0.25, 0.3) is 0 Å². The van der Waals surface area contributed by atoms with E-state index in [0.717, 1.165) is 15.4 Å². The number of carboxylic acids is 1. The van der Waals surface area contributed by atoms with Crippen LogP contribution in [0.3, 0.4) is 0 Å². The Morgan fingerprint density at radius 2 is 2.38 bits per heavy atom. The van der Waals surface area contributed by atoms with Crippen molar-refractivity contribution in [3.05, 3.63) is 17.3 Å². The smallest absolute Gasteiger partial charge is 0.325 e. The second kappa shape index (κ2) is 4.05. The summed E-state index contributed by atoms with van der Waals surface area (Å²) in [4.78, 5) is 19.1. The molecule has 2 aromatic rings. The van der Waals surface area contributed by atoms with Crippen LogP contribution in [-0.4, -0.2) is 27.1 Å². The van der Waals surface area contributed by atoms with Crippen LogP contribution in [0.5, 0.6) is 0 Å². The maximum atomic E-state index is 10.8. The van der Waals surface area contributed by atoms with Gasteiger partial charge >= 0.3 is 5.97 Å². The molecule has 0 aliphatic rings. The highest BCUT2D eigenvalue weighted by atomic mass is 32.1. The van der Waals surface area contributed by atoms with Crippen molar-refractivity contribution in [2.45, 2.75) is 19.9 Å². The van der Waals surface area contributed by atoms with Crippen LogP contribution in [0.2, 0.25) is 0 Å². The van der Waals surface area contributed by atoms with Crippen molar-refractivity contribution >= 4 is 33.3 Å². The van der Waals surface area contributed by atoms with Crippen LogP contribution in [0.15, 0.2) is 12.3 Å². The number of aromatic nitrogens is 2. The summed E-state index contributed by atoms with van der Waals surface area (Å²) >= 11 is 1.50. The predicted molar refractivity (Wildman–Crippen MR) is 62.9 cm³/mol. The maximum absolute atomic E-state index is 10.8. The summed E-state index contributed by atoms with van der Waals surface area (Å²) in [7, 11) is 0. The van der Waals surface area contributed by atoms with E-state index < -0.39 is 12.0 Å². The van der Waals surface area contributed by atoms with Gasteiger partial charge in [0.05, 0.1) is 15.4 Å². The standard InChI is InChI=1S/C10H11N3O2S/c1-5(10(14)15)12-7-3-4-11-9-8(7)16-6(2)13-9/h3-5H,1-2H3,(H,11,12)(H,14,15). The number of carboxylic acid groups (broad SMARTS) is 1. The first-order valence-corrected chi connectivity index (χ1v) is 5.61. The summed E-state index contributed by atoms with van der Waals surface area (Å²) in [5, 5.41) is 12.7. The van der Waals surface area contributed by atoms with Crippen molar-refractivity contribution in [2.75, 3.05) is 5.32 Å². The van der Waals surface area contributed by atoms with Gasteiger partial charge in [-0.15, -0.1) is 11.3 Å². The van der Waals surface area contributed by atoms with E-state index in [1.165, 1.54) is 11.3 Å². The molecule has 84 valence electrons. The number of anilines is 1. The fourth-order valence-electron chi connectivity index (χ4n) is 1.35. The van der Waals surface area contributed by atoms with Gasteiger partial charge in [-0.3, -0.25) is 4.79 Å². The Kier molecular flexibility index (Phi) is 2.74. The summed E-state index contributed by atoms with van der Waals surface area (Å²) in [6, 6.07) is 1.13. The minimum absolute atomic E-state index is 0.631.